The average molecular weight is 259 g/mol. The van der Waals surface area contributed by atoms with Gasteiger partial charge in [-0.3, -0.25) is 4.79 Å². The molecule has 0 unspecified atom stereocenters. The first-order chi connectivity index (χ1) is 9.13. The van der Waals surface area contributed by atoms with Crippen molar-refractivity contribution in [3.63, 3.8) is 0 Å². The Morgan fingerprint density at radius 3 is 2.37 bits per heavy atom. The number of hydrogen-bond donors (Lipinski definition) is 1. The molecule has 2 heteroatoms. The number of carbonyl (C=O) groups is 1. The highest BCUT2D eigenvalue weighted by Gasteiger charge is 2.18. The van der Waals surface area contributed by atoms with Crippen LogP contribution in [0.5, 0.6) is 0 Å². The predicted octanol–water partition coefficient (Wildman–Crippen LogP) is 4.06. The molecule has 1 N–H and O–H groups in total. The molecule has 2 nitrogen and oxygen atoms in total. The van der Waals surface area contributed by atoms with E-state index in [2.05, 4.69) is 43.4 Å². The number of ketones is 1. The Hall–Kier alpha value is -1.31. The van der Waals surface area contributed by atoms with E-state index in [4.69, 9.17) is 0 Å². The van der Waals surface area contributed by atoms with Crippen molar-refractivity contribution in [2.45, 2.75) is 46.0 Å². The predicted molar refractivity (Wildman–Crippen MR) is 80.4 cm³/mol. The number of rotatable bonds is 5. The van der Waals surface area contributed by atoms with E-state index in [-0.39, 0.29) is 0 Å². The van der Waals surface area contributed by atoms with Crippen molar-refractivity contribution in [3.8, 4) is 0 Å². The summed E-state index contributed by atoms with van der Waals surface area (Å²) in [5.74, 6) is 1.81. The van der Waals surface area contributed by atoms with Crippen LogP contribution in [0.3, 0.4) is 0 Å². The molecule has 2 rings (SSSR count). The molecule has 1 aliphatic carbocycles. The Balaban J connectivity index is 1.78. The summed E-state index contributed by atoms with van der Waals surface area (Å²) in [6.07, 6.45) is 4.80. The summed E-state index contributed by atoms with van der Waals surface area (Å²) in [7, 11) is 0. The van der Waals surface area contributed by atoms with Crippen molar-refractivity contribution in [1.82, 2.24) is 0 Å². The van der Waals surface area contributed by atoms with Crippen molar-refractivity contribution >= 4 is 11.5 Å². The third kappa shape index (κ3) is 4.70. The zero-order chi connectivity index (χ0) is 13.7. The van der Waals surface area contributed by atoms with Crippen molar-refractivity contribution in [1.29, 1.82) is 0 Å². The normalized spacial score (nSPS) is 16.9. The summed E-state index contributed by atoms with van der Waals surface area (Å²) < 4.78 is 0. The van der Waals surface area contributed by atoms with Crippen molar-refractivity contribution in [2.75, 3.05) is 11.9 Å². The Kier molecular flexibility index (Phi) is 5.00. The maximum absolute atomic E-state index is 11.2. The van der Waals surface area contributed by atoms with Gasteiger partial charge in [-0.1, -0.05) is 26.0 Å². The molecular formula is C17H25NO. The zero-order valence-corrected chi connectivity index (χ0v) is 12.1. The molecule has 0 aromatic heterocycles. The highest BCUT2D eigenvalue weighted by molar-refractivity contribution is 5.79. The van der Waals surface area contributed by atoms with Gasteiger partial charge in [0.1, 0.15) is 5.78 Å². The molecule has 0 radical (unpaired) electrons. The first-order valence-corrected chi connectivity index (χ1v) is 7.48. The lowest BCUT2D eigenvalue weighted by Crippen LogP contribution is -2.21. The van der Waals surface area contributed by atoms with Gasteiger partial charge in [0.05, 0.1) is 0 Å². The first kappa shape index (κ1) is 14.1. The van der Waals surface area contributed by atoms with Crippen LogP contribution in [0, 0.1) is 11.8 Å². The fraction of sp³-hybridized carbons (Fsp3) is 0.588. The minimum atomic E-state index is 0.439. The molecule has 0 amide bonds. The maximum Gasteiger partial charge on any atom is 0.132 e. The monoisotopic (exact) mass is 259 g/mol. The Morgan fingerprint density at radius 2 is 1.79 bits per heavy atom. The molecule has 0 spiro atoms. The quantitative estimate of drug-likeness (QED) is 0.864. The van der Waals surface area contributed by atoms with Gasteiger partial charge in [0.15, 0.2) is 0 Å². The van der Waals surface area contributed by atoms with Crippen LogP contribution in [-0.2, 0) is 11.2 Å². The van der Waals surface area contributed by atoms with Gasteiger partial charge in [-0.25, -0.2) is 0 Å². The topological polar surface area (TPSA) is 29.1 Å². The van der Waals surface area contributed by atoms with E-state index in [1.165, 1.54) is 11.3 Å². The molecule has 0 atom stereocenters. The molecule has 0 heterocycles. The molecule has 1 aliphatic rings. The molecule has 0 saturated heterocycles. The lowest BCUT2D eigenvalue weighted by molar-refractivity contribution is -0.120. The van der Waals surface area contributed by atoms with Crippen LogP contribution in [0.1, 0.15) is 45.1 Å². The largest absolute Gasteiger partial charge is 0.385 e. The number of benzene rings is 1. The van der Waals surface area contributed by atoms with Crippen molar-refractivity contribution in [3.05, 3.63) is 29.8 Å². The molecule has 0 aliphatic heterocycles. The van der Waals surface area contributed by atoms with Gasteiger partial charge in [-0.05, 0) is 48.8 Å². The minimum Gasteiger partial charge on any atom is -0.385 e. The summed E-state index contributed by atoms with van der Waals surface area (Å²) in [6, 6.07) is 8.77. The second-order valence-electron chi connectivity index (χ2n) is 6.16. The van der Waals surface area contributed by atoms with Gasteiger partial charge in [0.25, 0.3) is 0 Å². The van der Waals surface area contributed by atoms with Gasteiger partial charge < -0.3 is 5.32 Å². The smallest absolute Gasteiger partial charge is 0.132 e. The third-order valence-corrected chi connectivity index (χ3v) is 3.86. The first-order valence-electron chi connectivity index (χ1n) is 7.48. The fourth-order valence-corrected chi connectivity index (χ4v) is 2.70. The third-order valence-electron chi connectivity index (χ3n) is 3.86. The van der Waals surface area contributed by atoms with Gasteiger partial charge in [-0.2, -0.15) is 0 Å². The molecular weight excluding hydrogens is 234 g/mol. The SMILES string of the molecule is CC(C)Cc1ccc(NCC2CCC(=O)CC2)cc1. The number of carbonyl (C=O) groups excluding carboxylic acids is 1. The van der Waals surface area contributed by atoms with E-state index in [9.17, 15) is 4.79 Å². The number of anilines is 1. The molecule has 104 valence electrons. The van der Waals surface area contributed by atoms with Crippen LogP contribution in [0.15, 0.2) is 24.3 Å². The highest BCUT2D eigenvalue weighted by Crippen LogP contribution is 2.22. The molecule has 19 heavy (non-hydrogen) atoms. The number of hydrogen-bond acceptors (Lipinski definition) is 2. The van der Waals surface area contributed by atoms with Gasteiger partial charge >= 0.3 is 0 Å². The minimum absolute atomic E-state index is 0.439. The van der Waals surface area contributed by atoms with Gasteiger partial charge in [0.2, 0.25) is 0 Å². The second-order valence-corrected chi connectivity index (χ2v) is 6.16. The molecule has 1 aromatic rings. The van der Waals surface area contributed by atoms with Crippen molar-refractivity contribution < 1.29 is 4.79 Å². The van der Waals surface area contributed by atoms with Gasteiger partial charge in [0, 0.05) is 25.1 Å². The summed E-state index contributed by atoms with van der Waals surface area (Å²) >= 11 is 0. The molecule has 0 bridgehead atoms. The van der Waals surface area contributed by atoms with E-state index in [1.54, 1.807) is 0 Å². The van der Waals surface area contributed by atoms with E-state index in [1.807, 2.05) is 0 Å². The van der Waals surface area contributed by atoms with Crippen LogP contribution in [0.2, 0.25) is 0 Å². The Labute approximate surface area is 116 Å². The van der Waals surface area contributed by atoms with E-state index < -0.39 is 0 Å². The van der Waals surface area contributed by atoms with Crippen LogP contribution in [0.4, 0.5) is 5.69 Å². The molecule has 1 aromatic carbocycles. The van der Waals surface area contributed by atoms with Crippen LogP contribution in [-0.4, -0.2) is 12.3 Å². The van der Waals surface area contributed by atoms with E-state index in [0.717, 1.165) is 38.6 Å². The lowest BCUT2D eigenvalue weighted by atomic mass is 9.88. The summed E-state index contributed by atoms with van der Waals surface area (Å²) in [5.41, 5.74) is 2.60. The Bertz CT molecular complexity index is 398. The standard InChI is InChI=1S/C17H25NO/c1-13(2)11-14-3-7-16(8-4-14)18-12-15-5-9-17(19)10-6-15/h3-4,7-8,13,15,18H,5-6,9-12H2,1-2H3. The zero-order valence-electron chi connectivity index (χ0n) is 12.1. The second kappa shape index (κ2) is 6.74. The summed E-state index contributed by atoms with van der Waals surface area (Å²) in [6.45, 7) is 5.49. The Morgan fingerprint density at radius 1 is 1.16 bits per heavy atom. The van der Waals surface area contributed by atoms with Gasteiger partial charge in [-0.15, -0.1) is 0 Å². The molecule has 1 fully saturated rings. The van der Waals surface area contributed by atoms with Crippen molar-refractivity contribution in [2.24, 2.45) is 11.8 Å². The van der Waals surface area contributed by atoms with Crippen LogP contribution < -0.4 is 5.32 Å². The lowest BCUT2D eigenvalue weighted by Gasteiger charge is -2.21. The maximum atomic E-state index is 11.2. The highest BCUT2D eigenvalue weighted by atomic mass is 16.1. The summed E-state index contributed by atoms with van der Waals surface area (Å²) in [4.78, 5) is 11.2. The average Bonchev–Trinajstić information content (AvgIpc) is 2.39. The van der Waals surface area contributed by atoms with E-state index >= 15 is 0 Å². The molecule has 1 saturated carbocycles. The number of nitrogens with one attached hydrogen (secondary N) is 1. The van der Waals surface area contributed by atoms with Crippen LogP contribution in [0.25, 0.3) is 0 Å². The number of Topliss-reactive ketones (excluding diaryl/α,β-unsaturated/α-hetero) is 1. The summed E-state index contributed by atoms with van der Waals surface area (Å²) in [5, 5.41) is 3.50. The fourth-order valence-electron chi connectivity index (χ4n) is 2.70. The van der Waals surface area contributed by atoms with E-state index in [0.29, 0.717) is 17.6 Å². The van der Waals surface area contributed by atoms with Crippen LogP contribution >= 0.6 is 0 Å².